The van der Waals surface area contributed by atoms with Crippen LogP contribution in [0, 0.1) is 0 Å². The average Bonchev–Trinajstić information content (AvgIpc) is 3.12. The van der Waals surface area contributed by atoms with E-state index >= 15 is 0 Å². The molecule has 1 aromatic heterocycles. The van der Waals surface area contributed by atoms with Crippen LogP contribution in [0.4, 0.5) is 9.93 Å². The molecule has 0 spiro atoms. The average molecular weight is 467 g/mol. The Morgan fingerprint density at radius 1 is 1.10 bits per heavy atom. The number of carbonyl (C=O) groups excluding carboxylic acids is 2. The van der Waals surface area contributed by atoms with E-state index in [1.165, 1.54) is 23.5 Å². The van der Waals surface area contributed by atoms with Gasteiger partial charge in [-0.2, -0.15) is 0 Å². The van der Waals surface area contributed by atoms with E-state index in [-0.39, 0.29) is 11.0 Å². The number of hydrogen-bond acceptors (Lipinski definition) is 8. The van der Waals surface area contributed by atoms with Crippen LogP contribution in [0.3, 0.4) is 0 Å². The van der Waals surface area contributed by atoms with Crippen LogP contribution in [0.25, 0.3) is 11.3 Å². The topological polar surface area (TPSA) is 123 Å². The molecule has 1 aromatic carbocycles. The molecule has 1 fully saturated rings. The van der Waals surface area contributed by atoms with E-state index in [0.29, 0.717) is 47.4 Å². The minimum Gasteiger partial charge on any atom is -0.444 e. The fourth-order valence-corrected chi connectivity index (χ4v) is 4.70. The van der Waals surface area contributed by atoms with Crippen molar-refractivity contribution in [3.63, 3.8) is 0 Å². The lowest BCUT2D eigenvalue weighted by molar-refractivity contribution is 0.0240. The van der Waals surface area contributed by atoms with Gasteiger partial charge in [-0.1, -0.05) is 23.5 Å². The highest BCUT2D eigenvalue weighted by Crippen LogP contribution is 2.34. The highest BCUT2D eigenvalue weighted by atomic mass is 32.2. The Labute approximate surface area is 185 Å². The largest absolute Gasteiger partial charge is 0.444 e. The van der Waals surface area contributed by atoms with Gasteiger partial charge in [0.15, 0.2) is 15.0 Å². The summed E-state index contributed by atoms with van der Waals surface area (Å²) in [6.45, 7) is 7.50. The van der Waals surface area contributed by atoms with Gasteiger partial charge >= 0.3 is 6.09 Å². The molecule has 11 heteroatoms. The maximum Gasteiger partial charge on any atom is 0.410 e. The molecule has 2 amide bonds. The first-order valence-electron chi connectivity index (χ1n) is 9.69. The SMILES string of the molecule is CC(C)(C)OC(=O)N1CCN(c2nc(-c3ccc(S(C)(=O)=O)cc3)c(C(N)=O)s2)CC1. The number of anilines is 1. The molecule has 2 aromatic rings. The van der Waals surface area contributed by atoms with Crippen molar-refractivity contribution in [2.45, 2.75) is 31.3 Å². The van der Waals surface area contributed by atoms with Crippen LogP contribution in [0.2, 0.25) is 0 Å². The number of nitrogens with zero attached hydrogens (tertiary/aromatic N) is 3. The van der Waals surface area contributed by atoms with E-state index < -0.39 is 21.3 Å². The van der Waals surface area contributed by atoms with E-state index in [1.807, 2.05) is 25.7 Å². The summed E-state index contributed by atoms with van der Waals surface area (Å²) >= 11 is 1.19. The highest BCUT2D eigenvalue weighted by Gasteiger charge is 2.28. The Kier molecular flexibility index (Phi) is 6.28. The summed E-state index contributed by atoms with van der Waals surface area (Å²) in [7, 11) is -3.32. The number of thiazole rings is 1. The number of sulfone groups is 1. The first-order chi connectivity index (χ1) is 14.3. The van der Waals surface area contributed by atoms with Gasteiger partial charge in [-0.05, 0) is 32.9 Å². The van der Waals surface area contributed by atoms with Gasteiger partial charge in [-0.25, -0.2) is 18.2 Å². The minimum absolute atomic E-state index is 0.186. The van der Waals surface area contributed by atoms with Gasteiger partial charge in [-0.3, -0.25) is 4.79 Å². The van der Waals surface area contributed by atoms with Crippen LogP contribution < -0.4 is 10.6 Å². The predicted molar refractivity (Wildman–Crippen MR) is 119 cm³/mol. The molecule has 9 nitrogen and oxygen atoms in total. The molecule has 0 aliphatic carbocycles. The molecule has 0 saturated carbocycles. The molecule has 0 atom stereocenters. The van der Waals surface area contributed by atoms with Gasteiger partial charge in [0.2, 0.25) is 0 Å². The van der Waals surface area contributed by atoms with Crippen LogP contribution in [-0.4, -0.2) is 68.3 Å². The Balaban J connectivity index is 1.79. The second kappa shape index (κ2) is 8.46. The fraction of sp³-hybridized carbons (Fsp3) is 0.450. The Hall–Kier alpha value is -2.66. The van der Waals surface area contributed by atoms with E-state index in [2.05, 4.69) is 4.98 Å². The lowest BCUT2D eigenvalue weighted by Gasteiger charge is -2.35. The third-order valence-electron chi connectivity index (χ3n) is 4.60. The number of aromatic nitrogens is 1. The third-order valence-corrected chi connectivity index (χ3v) is 6.86. The minimum atomic E-state index is -3.32. The smallest absolute Gasteiger partial charge is 0.410 e. The van der Waals surface area contributed by atoms with Crippen molar-refractivity contribution in [1.29, 1.82) is 0 Å². The van der Waals surface area contributed by atoms with E-state index in [0.717, 1.165) is 6.26 Å². The van der Waals surface area contributed by atoms with Crippen LogP contribution in [0.15, 0.2) is 29.2 Å². The van der Waals surface area contributed by atoms with Crippen molar-refractivity contribution >= 4 is 38.3 Å². The van der Waals surface area contributed by atoms with Crippen LogP contribution in [-0.2, 0) is 14.6 Å². The number of piperazine rings is 1. The third kappa shape index (κ3) is 5.53. The number of benzene rings is 1. The molecule has 168 valence electrons. The summed E-state index contributed by atoms with van der Waals surface area (Å²) < 4.78 is 28.8. The first kappa shape index (κ1) is 23.0. The number of carbonyl (C=O) groups is 2. The maximum atomic E-state index is 12.3. The van der Waals surface area contributed by atoms with Gasteiger partial charge < -0.3 is 20.3 Å². The van der Waals surface area contributed by atoms with E-state index in [4.69, 9.17) is 10.5 Å². The number of rotatable bonds is 4. The zero-order valence-electron chi connectivity index (χ0n) is 17.9. The molecule has 1 aliphatic heterocycles. The van der Waals surface area contributed by atoms with Crippen molar-refractivity contribution in [1.82, 2.24) is 9.88 Å². The molecule has 31 heavy (non-hydrogen) atoms. The number of amides is 2. The zero-order chi connectivity index (χ0) is 23.0. The summed E-state index contributed by atoms with van der Waals surface area (Å²) in [5.74, 6) is -0.599. The standard InChI is InChI=1S/C20H26N4O5S2/c1-20(2,3)29-19(26)24-11-9-23(10-12-24)18-22-15(16(30-18)17(21)25)13-5-7-14(8-6-13)31(4,27)28/h5-8H,9-12H2,1-4H3,(H2,21,25). The summed E-state index contributed by atoms with van der Waals surface area (Å²) in [4.78, 5) is 33.0. The normalized spacial score (nSPS) is 15.1. The van der Waals surface area contributed by atoms with Crippen molar-refractivity contribution in [2.75, 3.05) is 37.3 Å². The highest BCUT2D eigenvalue weighted by molar-refractivity contribution is 7.90. The van der Waals surface area contributed by atoms with Gasteiger partial charge in [0, 0.05) is 38.0 Å². The van der Waals surface area contributed by atoms with Crippen molar-refractivity contribution in [3.05, 3.63) is 29.1 Å². The quantitative estimate of drug-likeness (QED) is 0.734. The summed E-state index contributed by atoms with van der Waals surface area (Å²) in [6.07, 6.45) is 0.783. The number of primary amides is 1. The fourth-order valence-electron chi connectivity index (χ4n) is 3.07. The van der Waals surface area contributed by atoms with Crippen LogP contribution in [0.1, 0.15) is 30.4 Å². The van der Waals surface area contributed by atoms with Crippen molar-refractivity contribution < 1.29 is 22.7 Å². The first-order valence-corrected chi connectivity index (χ1v) is 12.4. The Morgan fingerprint density at radius 2 is 1.68 bits per heavy atom. The summed E-state index contributed by atoms with van der Waals surface area (Å²) in [5.41, 5.74) is 6.03. The second-order valence-electron chi connectivity index (χ2n) is 8.29. The van der Waals surface area contributed by atoms with Gasteiger partial charge in [-0.15, -0.1) is 0 Å². The van der Waals surface area contributed by atoms with Crippen molar-refractivity contribution in [2.24, 2.45) is 5.73 Å². The van der Waals surface area contributed by atoms with Crippen LogP contribution >= 0.6 is 11.3 Å². The van der Waals surface area contributed by atoms with E-state index in [9.17, 15) is 18.0 Å². The van der Waals surface area contributed by atoms with Gasteiger partial charge in [0.1, 0.15) is 10.5 Å². The second-order valence-corrected chi connectivity index (χ2v) is 11.3. The zero-order valence-corrected chi connectivity index (χ0v) is 19.5. The number of ether oxygens (including phenoxy) is 1. The van der Waals surface area contributed by atoms with Crippen LogP contribution in [0.5, 0.6) is 0 Å². The summed E-state index contributed by atoms with van der Waals surface area (Å²) in [6, 6.07) is 6.19. The Bertz CT molecular complexity index is 1080. The molecule has 2 heterocycles. The molecule has 1 aliphatic rings. The molecule has 0 unspecified atom stereocenters. The molecule has 1 saturated heterocycles. The Morgan fingerprint density at radius 3 is 2.16 bits per heavy atom. The molecule has 2 N–H and O–H groups in total. The predicted octanol–water partition coefficient (Wildman–Crippen LogP) is 2.37. The lowest BCUT2D eigenvalue weighted by atomic mass is 10.1. The molecule has 3 rings (SSSR count). The molecule has 0 bridgehead atoms. The van der Waals surface area contributed by atoms with E-state index in [1.54, 1.807) is 17.0 Å². The monoisotopic (exact) mass is 466 g/mol. The lowest BCUT2D eigenvalue weighted by Crippen LogP contribution is -2.50. The van der Waals surface area contributed by atoms with Crippen molar-refractivity contribution in [3.8, 4) is 11.3 Å². The van der Waals surface area contributed by atoms with Gasteiger partial charge in [0.05, 0.1) is 10.6 Å². The molecular formula is C20H26N4O5S2. The molecular weight excluding hydrogens is 440 g/mol. The molecule has 0 radical (unpaired) electrons. The van der Waals surface area contributed by atoms with Gasteiger partial charge in [0.25, 0.3) is 5.91 Å². The number of nitrogens with two attached hydrogens (primary N) is 1. The number of hydrogen-bond donors (Lipinski definition) is 1. The maximum absolute atomic E-state index is 12.3. The summed E-state index contributed by atoms with van der Waals surface area (Å²) in [5, 5.41) is 0.625.